The molecule has 0 saturated heterocycles. The highest BCUT2D eigenvalue weighted by Gasteiger charge is 2.09. The lowest BCUT2D eigenvalue weighted by molar-refractivity contribution is 0.805. The van der Waals surface area contributed by atoms with Crippen LogP contribution in [0.1, 0.15) is 12.5 Å². The van der Waals surface area contributed by atoms with Gasteiger partial charge in [-0.1, -0.05) is 24.3 Å². The molecule has 104 valence electrons. The third-order valence-corrected chi connectivity index (χ3v) is 4.18. The van der Waals surface area contributed by atoms with E-state index in [2.05, 4.69) is 83.0 Å². The molecule has 0 aliphatic heterocycles. The number of rotatable bonds is 3. The Morgan fingerprint density at radius 2 is 1.57 bits per heavy atom. The number of hydrogen-bond donors (Lipinski definition) is 0. The smallest absolute Gasteiger partial charge is 0.0491 e. The van der Waals surface area contributed by atoms with Gasteiger partial charge in [0.15, 0.2) is 0 Å². The van der Waals surface area contributed by atoms with Gasteiger partial charge >= 0.3 is 0 Å². The molecule has 0 spiro atoms. The van der Waals surface area contributed by atoms with Gasteiger partial charge in [0.05, 0.1) is 0 Å². The molecule has 2 aromatic heterocycles. The minimum absolute atomic E-state index is 0.925. The Kier molecular flexibility index (Phi) is 2.81. The summed E-state index contributed by atoms with van der Waals surface area (Å²) in [7, 11) is 0. The Balaban J connectivity index is 1.92. The molecule has 21 heavy (non-hydrogen) atoms. The van der Waals surface area contributed by atoms with E-state index in [0.29, 0.717) is 0 Å². The Morgan fingerprint density at radius 3 is 2.38 bits per heavy atom. The number of aromatic nitrogens is 2. The summed E-state index contributed by atoms with van der Waals surface area (Å²) in [5, 5.41) is 2.71. The van der Waals surface area contributed by atoms with Crippen molar-refractivity contribution in [1.29, 1.82) is 0 Å². The standard InChI is InChI=1S/C19H18N2/c1-2-21-18-8-4-3-7-16(18)17-13-15(9-10-19(17)21)14-20-11-5-6-12-20/h3-13H,2,14H2,1H3. The maximum atomic E-state index is 2.39. The van der Waals surface area contributed by atoms with Crippen LogP contribution in [0.5, 0.6) is 0 Å². The largest absolute Gasteiger partial charge is 0.350 e. The SMILES string of the molecule is CCn1c2ccccc2c2cc(Cn3cccc3)ccc21. The lowest BCUT2D eigenvalue weighted by atomic mass is 10.1. The summed E-state index contributed by atoms with van der Waals surface area (Å²) in [6.45, 7) is 4.13. The van der Waals surface area contributed by atoms with Gasteiger partial charge in [-0.15, -0.1) is 0 Å². The molecule has 0 aliphatic carbocycles. The molecule has 2 heteroatoms. The Hall–Kier alpha value is -2.48. The van der Waals surface area contributed by atoms with E-state index in [1.165, 1.54) is 27.4 Å². The zero-order valence-corrected chi connectivity index (χ0v) is 12.2. The zero-order valence-electron chi connectivity index (χ0n) is 12.2. The van der Waals surface area contributed by atoms with Crippen LogP contribution in [0.15, 0.2) is 67.0 Å². The third kappa shape index (κ3) is 1.95. The van der Waals surface area contributed by atoms with Crippen LogP contribution in [0.25, 0.3) is 21.8 Å². The first-order valence-corrected chi connectivity index (χ1v) is 7.47. The molecule has 2 heterocycles. The zero-order chi connectivity index (χ0) is 14.2. The summed E-state index contributed by atoms with van der Waals surface area (Å²) in [6.07, 6.45) is 4.22. The number of nitrogens with zero attached hydrogens (tertiary/aromatic N) is 2. The van der Waals surface area contributed by atoms with Crippen LogP contribution in [-0.2, 0) is 13.1 Å². The lowest BCUT2D eigenvalue weighted by Gasteiger charge is -2.05. The van der Waals surface area contributed by atoms with Gasteiger partial charge in [-0.25, -0.2) is 0 Å². The van der Waals surface area contributed by atoms with Gasteiger partial charge in [0.1, 0.15) is 0 Å². The van der Waals surface area contributed by atoms with Crippen LogP contribution >= 0.6 is 0 Å². The molecule has 0 fully saturated rings. The number of aryl methyl sites for hydroxylation is 1. The summed E-state index contributed by atoms with van der Waals surface area (Å²) in [6, 6.07) is 19.7. The average Bonchev–Trinajstić information content (AvgIpc) is 3.13. The maximum Gasteiger partial charge on any atom is 0.0491 e. The second kappa shape index (κ2) is 4.81. The van der Waals surface area contributed by atoms with Crippen molar-refractivity contribution < 1.29 is 0 Å². The Labute approximate surface area is 124 Å². The summed E-state index contributed by atoms with van der Waals surface area (Å²) in [5.74, 6) is 0. The number of benzene rings is 2. The molecule has 0 unspecified atom stereocenters. The Morgan fingerprint density at radius 1 is 0.810 bits per heavy atom. The van der Waals surface area contributed by atoms with Crippen LogP contribution in [0.3, 0.4) is 0 Å². The van der Waals surface area contributed by atoms with Crippen molar-refractivity contribution >= 4 is 21.8 Å². The first-order chi connectivity index (χ1) is 10.4. The molecule has 0 aliphatic rings. The van der Waals surface area contributed by atoms with E-state index in [1.54, 1.807) is 0 Å². The highest BCUT2D eigenvalue weighted by molar-refractivity contribution is 6.08. The summed E-state index contributed by atoms with van der Waals surface area (Å²) in [4.78, 5) is 0. The first-order valence-electron chi connectivity index (χ1n) is 7.47. The van der Waals surface area contributed by atoms with Gasteiger partial charge in [-0.2, -0.15) is 0 Å². The maximum absolute atomic E-state index is 2.39. The minimum atomic E-state index is 0.925. The molecule has 0 radical (unpaired) electrons. The van der Waals surface area contributed by atoms with Gasteiger partial charge in [0.25, 0.3) is 0 Å². The van der Waals surface area contributed by atoms with E-state index in [4.69, 9.17) is 0 Å². The fourth-order valence-corrected chi connectivity index (χ4v) is 3.23. The van der Waals surface area contributed by atoms with Gasteiger partial charge < -0.3 is 9.13 Å². The summed E-state index contributed by atoms with van der Waals surface area (Å²) >= 11 is 0. The van der Waals surface area contributed by atoms with E-state index in [0.717, 1.165) is 13.1 Å². The molecule has 0 N–H and O–H groups in total. The van der Waals surface area contributed by atoms with Gasteiger partial charge in [0.2, 0.25) is 0 Å². The molecule has 2 nitrogen and oxygen atoms in total. The fraction of sp³-hybridized carbons (Fsp3) is 0.158. The second-order valence-electron chi connectivity index (χ2n) is 5.47. The van der Waals surface area contributed by atoms with Crippen LogP contribution in [0.2, 0.25) is 0 Å². The summed E-state index contributed by atoms with van der Waals surface area (Å²) < 4.78 is 4.60. The first kappa shape index (κ1) is 12.3. The van der Waals surface area contributed by atoms with Gasteiger partial charge in [0, 0.05) is 47.3 Å². The minimum Gasteiger partial charge on any atom is -0.350 e. The van der Waals surface area contributed by atoms with E-state index < -0.39 is 0 Å². The lowest BCUT2D eigenvalue weighted by Crippen LogP contribution is -1.96. The van der Waals surface area contributed by atoms with E-state index in [1.807, 2.05) is 0 Å². The number of para-hydroxylation sites is 1. The Bertz CT molecular complexity index is 898. The molecule has 2 aromatic carbocycles. The molecule has 0 saturated carbocycles. The van der Waals surface area contributed by atoms with Crippen LogP contribution < -0.4 is 0 Å². The van der Waals surface area contributed by atoms with Crippen LogP contribution in [0.4, 0.5) is 0 Å². The van der Waals surface area contributed by atoms with Crippen molar-refractivity contribution in [3.05, 3.63) is 72.6 Å². The van der Waals surface area contributed by atoms with E-state index in [9.17, 15) is 0 Å². The molecular formula is C19H18N2. The predicted molar refractivity (Wildman–Crippen MR) is 88.7 cm³/mol. The molecule has 0 amide bonds. The van der Waals surface area contributed by atoms with Crippen molar-refractivity contribution in [3.63, 3.8) is 0 Å². The molecule has 4 rings (SSSR count). The molecular weight excluding hydrogens is 256 g/mol. The van der Waals surface area contributed by atoms with Crippen LogP contribution in [-0.4, -0.2) is 9.13 Å². The van der Waals surface area contributed by atoms with Crippen molar-refractivity contribution in [2.24, 2.45) is 0 Å². The number of fused-ring (bicyclic) bond motifs is 3. The highest BCUT2D eigenvalue weighted by atomic mass is 15.0. The third-order valence-electron chi connectivity index (χ3n) is 4.18. The number of hydrogen-bond acceptors (Lipinski definition) is 0. The van der Waals surface area contributed by atoms with Gasteiger partial charge in [-0.05, 0) is 42.8 Å². The van der Waals surface area contributed by atoms with Gasteiger partial charge in [-0.3, -0.25) is 0 Å². The monoisotopic (exact) mass is 274 g/mol. The topological polar surface area (TPSA) is 9.86 Å². The van der Waals surface area contributed by atoms with Crippen molar-refractivity contribution in [2.75, 3.05) is 0 Å². The van der Waals surface area contributed by atoms with Crippen molar-refractivity contribution in [1.82, 2.24) is 9.13 Å². The molecule has 0 atom stereocenters. The van der Waals surface area contributed by atoms with Crippen LogP contribution in [0, 0.1) is 0 Å². The van der Waals surface area contributed by atoms with E-state index >= 15 is 0 Å². The normalized spacial score (nSPS) is 11.5. The van der Waals surface area contributed by atoms with Crippen molar-refractivity contribution in [2.45, 2.75) is 20.0 Å². The molecule has 0 bridgehead atoms. The second-order valence-corrected chi connectivity index (χ2v) is 5.47. The highest BCUT2D eigenvalue weighted by Crippen LogP contribution is 2.29. The van der Waals surface area contributed by atoms with Crippen molar-refractivity contribution in [3.8, 4) is 0 Å². The predicted octanol–water partition coefficient (Wildman–Crippen LogP) is 4.66. The quantitative estimate of drug-likeness (QED) is 0.514. The summed E-state index contributed by atoms with van der Waals surface area (Å²) in [5.41, 5.74) is 4.00. The molecule has 4 aromatic rings. The fourth-order valence-electron chi connectivity index (χ4n) is 3.23. The average molecular weight is 274 g/mol. The van der Waals surface area contributed by atoms with E-state index in [-0.39, 0.29) is 0 Å².